The Kier molecular flexibility index (Phi) is 5.32. The van der Waals surface area contributed by atoms with Gasteiger partial charge in [0.2, 0.25) is 5.91 Å². The zero-order chi connectivity index (χ0) is 12.0. The molecule has 1 amide bonds. The molecule has 0 unspecified atom stereocenters. The van der Waals surface area contributed by atoms with Gasteiger partial charge in [-0.3, -0.25) is 4.79 Å². The SMILES string of the molecule is CCCCC(=O)Nc1ccc(Br)cc1OC. The Hall–Kier alpha value is -1.03. The van der Waals surface area contributed by atoms with Crippen LogP contribution in [0.4, 0.5) is 5.69 Å². The molecule has 88 valence electrons. The number of halogens is 1. The van der Waals surface area contributed by atoms with E-state index in [0.717, 1.165) is 17.3 Å². The molecule has 0 aliphatic heterocycles. The van der Waals surface area contributed by atoms with E-state index in [1.165, 1.54) is 0 Å². The van der Waals surface area contributed by atoms with E-state index in [-0.39, 0.29) is 5.91 Å². The monoisotopic (exact) mass is 285 g/mol. The number of hydrogen-bond acceptors (Lipinski definition) is 2. The van der Waals surface area contributed by atoms with Crippen LogP contribution in [0.25, 0.3) is 0 Å². The summed E-state index contributed by atoms with van der Waals surface area (Å²) in [5, 5.41) is 2.84. The van der Waals surface area contributed by atoms with Gasteiger partial charge in [0.1, 0.15) is 5.75 Å². The predicted octanol–water partition coefficient (Wildman–Crippen LogP) is 3.59. The number of hydrogen-bond donors (Lipinski definition) is 1. The maximum absolute atomic E-state index is 11.5. The number of anilines is 1. The molecule has 0 bridgehead atoms. The third-order valence-corrected chi connectivity index (χ3v) is 2.69. The Bertz CT molecular complexity index is 366. The number of unbranched alkanes of at least 4 members (excludes halogenated alkanes) is 1. The highest BCUT2D eigenvalue weighted by atomic mass is 79.9. The van der Waals surface area contributed by atoms with Gasteiger partial charge in [0.25, 0.3) is 0 Å². The van der Waals surface area contributed by atoms with Crippen LogP contribution in [0.3, 0.4) is 0 Å². The van der Waals surface area contributed by atoms with Gasteiger partial charge in [0, 0.05) is 10.9 Å². The van der Waals surface area contributed by atoms with E-state index in [0.29, 0.717) is 17.9 Å². The van der Waals surface area contributed by atoms with Gasteiger partial charge in [-0.25, -0.2) is 0 Å². The lowest BCUT2D eigenvalue weighted by Gasteiger charge is -2.10. The maximum Gasteiger partial charge on any atom is 0.224 e. The number of benzene rings is 1. The van der Waals surface area contributed by atoms with Gasteiger partial charge in [-0.2, -0.15) is 0 Å². The second kappa shape index (κ2) is 6.53. The molecule has 0 fully saturated rings. The van der Waals surface area contributed by atoms with Crippen LogP contribution in [-0.4, -0.2) is 13.0 Å². The molecule has 0 aliphatic rings. The first-order valence-corrected chi connectivity index (χ1v) is 6.10. The van der Waals surface area contributed by atoms with Gasteiger partial charge in [0.15, 0.2) is 0 Å². The van der Waals surface area contributed by atoms with Crippen LogP contribution in [0.15, 0.2) is 22.7 Å². The number of ether oxygens (including phenoxy) is 1. The number of amides is 1. The minimum Gasteiger partial charge on any atom is -0.495 e. The Labute approximate surface area is 104 Å². The van der Waals surface area contributed by atoms with Crippen LogP contribution < -0.4 is 10.1 Å². The Morgan fingerprint density at radius 1 is 1.50 bits per heavy atom. The fourth-order valence-corrected chi connectivity index (χ4v) is 1.66. The van der Waals surface area contributed by atoms with Crippen molar-refractivity contribution in [2.45, 2.75) is 26.2 Å². The highest BCUT2D eigenvalue weighted by molar-refractivity contribution is 9.10. The average molecular weight is 286 g/mol. The standard InChI is InChI=1S/C12H16BrNO2/c1-3-4-5-12(15)14-10-7-6-9(13)8-11(10)16-2/h6-8H,3-5H2,1-2H3,(H,14,15). The van der Waals surface area contributed by atoms with Crippen molar-refractivity contribution in [2.24, 2.45) is 0 Å². The van der Waals surface area contributed by atoms with Crippen molar-refractivity contribution in [3.8, 4) is 5.75 Å². The molecule has 1 rings (SSSR count). The predicted molar refractivity (Wildman–Crippen MR) is 68.8 cm³/mol. The molecule has 1 N–H and O–H groups in total. The molecule has 0 saturated carbocycles. The van der Waals surface area contributed by atoms with E-state index < -0.39 is 0 Å². The van der Waals surface area contributed by atoms with Gasteiger partial charge in [-0.05, 0) is 24.6 Å². The van der Waals surface area contributed by atoms with Gasteiger partial charge >= 0.3 is 0 Å². The van der Waals surface area contributed by atoms with Crippen molar-refractivity contribution < 1.29 is 9.53 Å². The Morgan fingerprint density at radius 3 is 2.88 bits per heavy atom. The molecule has 1 aromatic rings. The first kappa shape index (κ1) is 13.0. The van der Waals surface area contributed by atoms with Crippen LogP contribution in [0.5, 0.6) is 5.75 Å². The Morgan fingerprint density at radius 2 is 2.25 bits per heavy atom. The summed E-state index contributed by atoms with van der Waals surface area (Å²) in [6, 6.07) is 5.53. The highest BCUT2D eigenvalue weighted by Gasteiger charge is 2.07. The van der Waals surface area contributed by atoms with Crippen molar-refractivity contribution in [1.29, 1.82) is 0 Å². The van der Waals surface area contributed by atoms with E-state index >= 15 is 0 Å². The van der Waals surface area contributed by atoms with Crippen LogP contribution >= 0.6 is 15.9 Å². The maximum atomic E-state index is 11.5. The van der Waals surface area contributed by atoms with Crippen molar-refractivity contribution in [2.75, 3.05) is 12.4 Å². The second-order valence-electron chi connectivity index (χ2n) is 3.50. The van der Waals surface area contributed by atoms with Crippen molar-refractivity contribution in [3.63, 3.8) is 0 Å². The quantitative estimate of drug-likeness (QED) is 0.898. The van der Waals surface area contributed by atoms with Crippen molar-refractivity contribution >= 4 is 27.5 Å². The molecule has 0 saturated heterocycles. The number of nitrogens with one attached hydrogen (secondary N) is 1. The molecule has 0 heterocycles. The summed E-state index contributed by atoms with van der Waals surface area (Å²) in [5.74, 6) is 0.696. The zero-order valence-corrected chi connectivity index (χ0v) is 11.1. The highest BCUT2D eigenvalue weighted by Crippen LogP contribution is 2.28. The number of rotatable bonds is 5. The van der Waals surface area contributed by atoms with Crippen LogP contribution in [0, 0.1) is 0 Å². The van der Waals surface area contributed by atoms with Gasteiger partial charge < -0.3 is 10.1 Å². The smallest absolute Gasteiger partial charge is 0.224 e. The first-order valence-electron chi connectivity index (χ1n) is 5.30. The number of carbonyl (C=O) groups excluding carboxylic acids is 1. The average Bonchev–Trinajstić information content (AvgIpc) is 2.28. The van der Waals surface area contributed by atoms with Crippen molar-refractivity contribution in [1.82, 2.24) is 0 Å². The summed E-state index contributed by atoms with van der Waals surface area (Å²) in [6.07, 6.45) is 2.48. The molecular weight excluding hydrogens is 270 g/mol. The molecule has 0 radical (unpaired) electrons. The lowest BCUT2D eigenvalue weighted by molar-refractivity contribution is -0.116. The number of methoxy groups -OCH3 is 1. The third kappa shape index (κ3) is 3.85. The van der Waals surface area contributed by atoms with E-state index in [9.17, 15) is 4.79 Å². The molecule has 4 heteroatoms. The van der Waals surface area contributed by atoms with Crippen LogP contribution in [0.1, 0.15) is 26.2 Å². The summed E-state index contributed by atoms with van der Waals surface area (Å²) in [7, 11) is 1.59. The fourth-order valence-electron chi connectivity index (χ4n) is 1.32. The topological polar surface area (TPSA) is 38.3 Å². The van der Waals surface area contributed by atoms with E-state index in [2.05, 4.69) is 28.2 Å². The van der Waals surface area contributed by atoms with Crippen LogP contribution in [-0.2, 0) is 4.79 Å². The van der Waals surface area contributed by atoms with Gasteiger partial charge in [-0.15, -0.1) is 0 Å². The second-order valence-corrected chi connectivity index (χ2v) is 4.41. The summed E-state index contributed by atoms with van der Waals surface area (Å²) >= 11 is 3.35. The third-order valence-electron chi connectivity index (χ3n) is 2.20. The molecular formula is C12H16BrNO2. The summed E-state index contributed by atoms with van der Waals surface area (Å²) in [6.45, 7) is 2.06. The molecule has 0 atom stereocenters. The summed E-state index contributed by atoms with van der Waals surface area (Å²) in [4.78, 5) is 11.5. The van der Waals surface area contributed by atoms with Crippen LogP contribution in [0.2, 0.25) is 0 Å². The lowest BCUT2D eigenvalue weighted by atomic mass is 10.2. The van der Waals surface area contributed by atoms with Crippen molar-refractivity contribution in [3.05, 3.63) is 22.7 Å². The fraction of sp³-hybridized carbons (Fsp3) is 0.417. The minimum atomic E-state index is 0.0301. The molecule has 1 aromatic carbocycles. The number of carbonyl (C=O) groups is 1. The largest absolute Gasteiger partial charge is 0.495 e. The molecule has 0 spiro atoms. The molecule has 3 nitrogen and oxygen atoms in total. The molecule has 0 aliphatic carbocycles. The van der Waals surface area contributed by atoms with E-state index in [1.807, 2.05) is 18.2 Å². The van der Waals surface area contributed by atoms with Gasteiger partial charge in [0.05, 0.1) is 12.8 Å². The minimum absolute atomic E-state index is 0.0301. The Balaban J connectivity index is 2.69. The summed E-state index contributed by atoms with van der Waals surface area (Å²) in [5.41, 5.74) is 0.715. The lowest BCUT2D eigenvalue weighted by Crippen LogP contribution is -2.11. The molecule has 0 aromatic heterocycles. The van der Waals surface area contributed by atoms with E-state index in [1.54, 1.807) is 7.11 Å². The first-order chi connectivity index (χ1) is 7.67. The normalized spacial score (nSPS) is 9.94. The summed E-state index contributed by atoms with van der Waals surface area (Å²) < 4.78 is 6.11. The van der Waals surface area contributed by atoms with Gasteiger partial charge in [-0.1, -0.05) is 29.3 Å². The zero-order valence-electron chi connectivity index (χ0n) is 9.55. The van der Waals surface area contributed by atoms with E-state index in [4.69, 9.17) is 4.74 Å². The molecule has 16 heavy (non-hydrogen) atoms.